The van der Waals surface area contributed by atoms with Crippen LogP contribution >= 0.6 is 0 Å². The van der Waals surface area contributed by atoms with Crippen molar-refractivity contribution in [2.75, 3.05) is 13.7 Å². The van der Waals surface area contributed by atoms with Gasteiger partial charge < -0.3 is 14.2 Å². The van der Waals surface area contributed by atoms with Gasteiger partial charge in [0, 0.05) is 12.8 Å². The van der Waals surface area contributed by atoms with Crippen LogP contribution in [-0.2, 0) is 25.5 Å². The van der Waals surface area contributed by atoms with E-state index < -0.39 is 5.60 Å². The second-order valence-corrected chi connectivity index (χ2v) is 6.26. The molecule has 0 radical (unpaired) electrons. The summed E-state index contributed by atoms with van der Waals surface area (Å²) < 4.78 is 15.4. The van der Waals surface area contributed by atoms with Gasteiger partial charge in [-0.1, -0.05) is 12.1 Å². The van der Waals surface area contributed by atoms with Crippen LogP contribution < -0.4 is 4.74 Å². The summed E-state index contributed by atoms with van der Waals surface area (Å²) in [5.74, 6) is 0.322. The van der Waals surface area contributed by atoms with Gasteiger partial charge in [-0.05, 0) is 51.3 Å². The maximum absolute atomic E-state index is 11.6. The number of esters is 2. The average molecular weight is 322 g/mol. The topological polar surface area (TPSA) is 61.8 Å². The van der Waals surface area contributed by atoms with Gasteiger partial charge in [0.05, 0.1) is 13.7 Å². The fourth-order valence-corrected chi connectivity index (χ4v) is 1.90. The van der Waals surface area contributed by atoms with Crippen molar-refractivity contribution in [3.05, 3.63) is 29.8 Å². The van der Waals surface area contributed by atoms with Crippen molar-refractivity contribution in [3.8, 4) is 5.75 Å². The number of rotatable bonds is 8. The van der Waals surface area contributed by atoms with E-state index in [9.17, 15) is 9.59 Å². The standard InChI is InChI=1S/C18H26O5/c1-18(2,3)23-17(20)6-5-13-22-15-10-7-14(8-11-15)9-12-16(19)21-4/h7-8,10-11H,5-6,9,12-13H2,1-4H3. The zero-order valence-corrected chi connectivity index (χ0v) is 14.4. The molecular formula is C18H26O5. The molecule has 128 valence electrons. The van der Waals surface area contributed by atoms with Crippen LogP contribution in [0.15, 0.2) is 24.3 Å². The van der Waals surface area contributed by atoms with Crippen molar-refractivity contribution in [2.45, 2.75) is 52.1 Å². The highest BCUT2D eigenvalue weighted by Crippen LogP contribution is 2.14. The number of aryl methyl sites for hydroxylation is 1. The molecule has 0 saturated carbocycles. The molecule has 0 heterocycles. The summed E-state index contributed by atoms with van der Waals surface area (Å²) in [6.07, 6.45) is 1.96. The molecule has 1 rings (SSSR count). The first-order valence-corrected chi connectivity index (χ1v) is 7.80. The highest BCUT2D eigenvalue weighted by Gasteiger charge is 2.15. The molecule has 0 aromatic heterocycles. The first-order valence-electron chi connectivity index (χ1n) is 7.80. The maximum atomic E-state index is 11.6. The van der Waals surface area contributed by atoms with Crippen LogP contribution in [0.4, 0.5) is 0 Å². The van der Waals surface area contributed by atoms with Gasteiger partial charge in [-0.3, -0.25) is 9.59 Å². The fourth-order valence-electron chi connectivity index (χ4n) is 1.90. The molecule has 0 aliphatic heterocycles. The number of carbonyl (C=O) groups excluding carboxylic acids is 2. The number of benzene rings is 1. The number of carbonyl (C=O) groups is 2. The first kappa shape index (κ1) is 19.0. The maximum Gasteiger partial charge on any atom is 0.306 e. The van der Waals surface area contributed by atoms with Crippen LogP contribution in [0.2, 0.25) is 0 Å². The molecule has 23 heavy (non-hydrogen) atoms. The van der Waals surface area contributed by atoms with Crippen molar-refractivity contribution in [3.63, 3.8) is 0 Å². The third kappa shape index (κ3) is 8.86. The Morgan fingerprint density at radius 1 is 1.00 bits per heavy atom. The van der Waals surface area contributed by atoms with E-state index in [-0.39, 0.29) is 11.9 Å². The number of hydrogen-bond donors (Lipinski definition) is 0. The molecule has 0 amide bonds. The van der Waals surface area contributed by atoms with Gasteiger partial charge in [-0.2, -0.15) is 0 Å². The molecule has 0 N–H and O–H groups in total. The van der Waals surface area contributed by atoms with E-state index in [1.54, 1.807) is 0 Å². The van der Waals surface area contributed by atoms with Gasteiger partial charge in [0.15, 0.2) is 0 Å². The monoisotopic (exact) mass is 322 g/mol. The first-order chi connectivity index (χ1) is 10.8. The molecule has 0 spiro atoms. The number of hydrogen-bond acceptors (Lipinski definition) is 5. The van der Waals surface area contributed by atoms with Gasteiger partial charge in [-0.15, -0.1) is 0 Å². The van der Waals surface area contributed by atoms with Gasteiger partial charge in [-0.25, -0.2) is 0 Å². The van der Waals surface area contributed by atoms with E-state index >= 15 is 0 Å². The van der Waals surface area contributed by atoms with Crippen molar-refractivity contribution in [1.82, 2.24) is 0 Å². The van der Waals surface area contributed by atoms with E-state index in [1.807, 2.05) is 45.0 Å². The fraction of sp³-hybridized carbons (Fsp3) is 0.556. The Morgan fingerprint density at radius 3 is 2.22 bits per heavy atom. The Labute approximate surface area is 137 Å². The van der Waals surface area contributed by atoms with Crippen LogP contribution in [0.5, 0.6) is 5.75 Å². The lowest BCUT2D eigenvalue weighted by Gasteiger charge is -2.19. The third-order valence-corrected chi connectivity index (χ3v) is 2.98. The largest absolute Gasteiger partial charge is 0.494 e. The molecule has 0 bridgehead atoms. The van der Waals surface area contributed by atoms with Gasteiger partial charge in [0.2, 0.25) is 0 Å². The van der Waals surface area contributed by atoms with Crippen molar-refractivity contribution >= 4 is 11.9 Å². The minimum atomic E-state index is -0.446. The lowest BCUT2D eigenvalue weighted by molar-refractivity contribution is -0.155. The Kier molecular flexibility index (Phi) is 7.59. The predicted octanol–water partition coefficient (Wildman–Crippen LogP) is 3.29. The lowest BCUT2D eigenvalue weighted by atomic mass is 10.1. The highest BCUT2D eigenvalue weighted by atomic mass is 16.6. The third-order valence-electron chi connectivity index (χ3n) is 2.98. The van der Waals surface area contributed by atoms with E-state index in [1.165, 1.54) is 7.11 Å². The molecule has 0 aliphatic carbocycles. The summed E-state index contributed by atoms with van der Waals surface area (Å²) in [5, 5.41) is 0. The van der Waals surface area contributed by atoms with Crippen molar-refractivity contribution < 1.29 is 23.8 Å². The summed E-state index contributed by atoms with van der Waals surface area (Å²) in [5.41, 5.74) is 0.606. The van der Waals surface area contributed by atoms with Crippen molar-refractivity contribution in [2.24, 2.45) is 0 Å². The minimum absolute atomic E-state index is 0.209. The summed E-state index contributed by atoms with van der Waals surface area (Å²) >= 11 is 0. The summed E-state index contributed by atoms with van der Waals surface area (Å²) in [4.78, 5) is 22.6. The van der Waals surface area contributed by atoms with Crippen molar-refractivity contribution in [1.29, 1.82) is 0 Å². The minimum Gasteiger partial charge on any atom is -0.494 e. The molecule has 1 aromatic carbocycles. The summed E-state index contributed by atoms with van der Waals surface area (Å²) in [6.45, 7) is 6.01. The van der Waals surface area contributed by atoms with E-state index in [0.29, 0.717) is 32.3 Å². The highest BCUT2D eigenvalue weighted by molar-refractivity contribution is 5.70. The average Bonchev–Trinajstić information content (AvgIpc) is 2.48. The second-order valence-electron chi connectivity index (χ2n) is 6.26. The zero-order chi connectivity index (χ0) is 17.3. The van der Waals surface area contributed by atoms with E-state index in [0.717, 1.165) is 11.3 Å². The quantitative estimate of drug-likeness (QED) is 0.543. The van der Waals surface area contributed by atoms with Crippen LogP contribution in [0.25, 0.3) is 0 Å². The zero-order valence-electron chi connectivity index (χ0n) is 14.4. The smallest absolute Gasteiger partial charge is 0.306 e. The van der Waals surface area contributed by atoms with Crippen LogP contribution in [0.3, 0.4) is 0 Å². The number of methoxy groups -OCH3 is 1. The molecule has 0 fully saturated rings. The van der Waals surface area contributed by atoms with Gasteiger partial charge in [0.25, 0.3) is 0 Å². The summed E-state index contributed by atoms with van der Waals surface area (Å²) in [6, 6.07) is 7.57. The van der Waals surface area contributed by atoms with Gasteiger partial charge in [0.1, 0.15) is 11.4 Å². The Bertz CT molecular complexity index is 499. The molecule has 1 aromatic rings. The molecule has 5 heteroatoms. The molecule has 5 nitrogen and oxygen atoms in total. The Hall–Kier alpha value is -2.04. The van der Waals surface area contributed by atoms with Crippen LogP contribution in [0, 0.1) is 0 Å². The number of ether oxygens (including phenoxy) is 3. The second kappa shape index (κ2) is 9.18. The molecule has 0 unspecified atom stereocenters. The van der Waals surface area contributed by atoms with Gasteiger partial charge >= 0.3 is 11.9 Å². The Balaban J connectivity index is 2.25. The molecule has 0 aliphatic rings. The normalized spacial score (nSPS) is 11.0. The lowest BCUT2D eigenvalue weighted by Crippen LogP contribution is -2.23. The van der Waals surface area contributed by atoms with Crippen LogP contribution in [-0.4, -0.2) is 31.3 Å². The van der Waals surface area contributed by atoms with E-state index in [4.69, 9.17) is 9.47 Å². The molecule has 0 atom stereocenters. The Morgan fingerprint density at radius 2 is 1.65 bits per heavy atom. The molecular weight excluding hydrogens is 296 g/mol. The SMILES string of the molecule is COC(=O)CCc1ccc(OCCCC(=O)OC(C)(C)C)cc1. The molecule has 0 saturated heterocycles. The predicted molar refractivity (Wildman–Crippen MR) is 87.4 cm³/mol. The van der Waals surface area contributed by atoms with E-state index in [2.05, 4.69) is 4.74 Å². The van der Waals surface area contributed by atoms with Crippen LogP contribution in [0.1, 0.15) is 45.6 Å². The summed E-state index contributed by atoms with van der Waals surface area (Å²) in [7, 11) is 1.39.